The molecule has 0 spiro atoms. The molecule has 4 aromatic rings. The molecule has 2 aromatic heterocycles. The highest BCUT2D eigenvalue weighted by atomic mass is 16.6. The first-order valence-corrected chi connectivity index (χ1v) is 10.2. The second kappa shape index (κ2) is 8.01. The Morgan fingerprint density at radius 3 is 2.28 bits per heavy atom. The van der Waals surface area contributed by atoms with Crippen LogP contribution in [0.1, 0.15) is 25.6 Å². The molecule has 1 fully saturated rings. The third-order valence-electron chi connectivity index (χ3n) is 5.20. The summed E-state index contributed by atoms with van der Waals surface area (Å²) in [4.78, 5) is 32.9. The van der Waals surface area contributed by atoms with Crippen molar-refractivity contribution in [3.63, 3.8) is 0 Å². The normalized spacial score (nSPS) is 20.5. The molecule has 3 atom stereocenters. The summed E-state index contributed by atoms with van der Waals surface area (Å²) in [5, 5.41) is 4.77. The number of fused-ring (bicyclic) bond motifs is 2. The van der Waals surface area contributed by atoms with Gasteiger partial charge in [0.05, 0.1) is 23.3 Å². The van der Waals surface area contributed by atoms with E-state index >= 15 is 0 Å². The second-order valence-corrected chi connectivity index (χ2v) is 7.49. The number of carbonyl (C=O) groups is 2. The first kappa shape index (κ1) is 20.1. The first-order valence-electron chi connectivity index (χ1n) is 10.2. The molecule has 3 heterocycles. The Labute approximate surface area is 182 Å². The summed E-state index contributed by atoms with van der Waals surface area (Å²) in [7, 11) is 0. The van der Waals surface area contributed by atoms with E-state index in [0.29, 0.717) is 22.4 Å². The van der Waals surface area contributed by atoms with Crippen LogP contribution in [0, 0.1) is 0 Å². The van der Waals surface area contributed by atoms with Gasteiger partial charge in [0.1, 0.15) is 17.3 Å². The van der Waals surface area contributed by atoms with Crippen LogP contribution in [-0.2, 0) is 23.8 Å². The number of carbonyl (C=O) groups excluding carboxylic acids is 2. The Balaban J connectivity index is 1.70. The quantitative estimate of drug-likeness (QED) is 0.453. The molecule has 1 saturated heterocycles. The zero-order valence-electron chi connectivity index (χ0n) is 17.5. The average Bonchev–Trinajstić information content (AvgIpc) is 3.33. The summed E-state index contributed by atoms with van der Waals surface area (Å²) >= 11 is 0. The Morgan fingerprint density at radius 2 is 1.59 bits per heavy atom. The first-order chi connectivity index (χ1) is 15.5. The molecule has 1 aliphatic heterocycles. The van der Waals surface area contributed by atoms with Gasteiger partial charge >= 0.3 is 11.9 Å². The standard InChI is InChI=1S/C23H20N4O5/c1-13(28)31-18-12-30-22(21(18)32-14(2)29)19-20-23(25-17-11-7-6-10-16(17)24-20)27(26-19)15-8-4-3-5-9-15/h3-11,18,21-22H,12H2,1-2H3. The van der Waals surface area contributed by atoms with E-state index in [4.69, 9.17) is 29.3 Å². The molecule has 162 valence electrons. The van der Waals surface area contributed by atoms with Crippen LogP contribution in [0.15, 0.2) is 54.6 Å². The van der Waals surface area contributed by atoms with E-state index in [1.54, 1.807) is 4.68 Å². The van der Waals surface area contributed by atoms with Crippen LogP contribution in [0.25, 0.3) is 27.9 Å². The van der Waals surface area contributed by atoms with Crippen molar-refractivity contribution in [2.75, 3.05) is 6.61 Å². The van der Waals surface area contributed by atoms with E-state index in [9.17, 15) is 9.59 Å². The Hall–Kier alpha value is -3.85. The van der Waals surface area contributed by atoms with Gasteiger partial charge in [-0.15, -0.1) is 0 Å². The van der Waals surface area contributed by atoms with Crippen LogP contribution in [0.4, 0.5) is 0 Å². The maximum absolute atomic E-state index is 11.8. The molecule has 3 unspecified atom stereocenters. The maximum atomic E-state index is 11.8. The Bertz CT molecular complexity index is 1320. The molecule has 9 nitrogen and oxygen atoms in total. The number of esters is 2. The molecule has 32 heavy (non-hydrogen) atoms. The smallest absolute Gasteiger partial charge is 0.303 e. The van der Waals surface area contributed by atoms with Gasteiger partial charge in [-0.2, -0.15) is 5.10 Å². The third-order valence-corrected chi connectivity index (χ3v) is 5.20. The molecule has 0 bridgehead atoms. The molecule has 1 aliphatic rings. The molecule has 9 heteroatoms. The summed E-state index contributed by atoms with van der Waals surface area (Å²) in [6, 6.07) is 17.1. The average molecular weight is 432 g/mol. The van der Waals surface area contributed by atoms with E-state index in [1.807, 2.05) is 54.6 Å². The van der Waals surface area contributed by atoms with E-state index in [0.717, 1.165) is 11.2 Å². The minimum Gasteiger partial charge on any atom is -0.456 e. The van der Waals surface area contributed by atoms with Gasteiger partial charge in [0.25, 0.3) is 0 Å². The monoisotopic (exact) mass is 432 g/mol. The molecular weight excluding hydrogens is 412 g/mol. The fraction of sp³-hybridized carbons (Fsp3) is 0.261. The van der Waals surface area contributed by atoms with Crippen LogP contribution < -0.4 is 0 Å². The number of rotatable bonds is 4. The highest BCUT2D eigenvalue weighted by Crippen LogP contribution is 2.36. The third kappa shape index (κ3) is 3.56. The van der Waals surface area contributed by atoms with Crippen molar-refractivity contribution in [1.29, 1.82) is 0 Å². The van der Waals surface area contributed by atoms with Crippen LogP contribution in [0.2, 0.25) is 0 Å². The predicted molar refractivity (Wildman–Crippen MR) is 114 cm³/mol. The lowest BCUT2D eigenvalue weighted by molar-refractivity contribution is -0.163. The molecule has 5 rings (SSSR count). The fourth-order valence-electron chi connectivity index (χ4n) is 3.91. The number of ether oxygens (including phenoxy) is 3. The summed E-state index contributed by atoms with van der Waals surface area (Å²) < 4.78 is 18.5. The van der Waals surface area contributed by atoms with E-state index < -0.39 is 30.3 Å². The van der Waals surface area contributed by atoms with Gasteiger partial charge in [-0.05, 0) is 24.3 Å². The van der Waals surface area contributed by atoms with Gasteiger partial charge < -0.3 is 14.2 Å². The number of para-hydroxylation sites is 3. The molecular formula is C23H20N4O5. The molecule has 0 amide bonds. The molecule has 0 saturated carbocycles. The summed E-state index contributed by atoms with van der Waals surface area (Å²) in [5.74, 6) is -0.993. The second-order valence-electron chi connectivity index (χ2n) is 7.49. The molecule has 0 radical (unpaired) electrons. The van der Waals surface area contributed by atoms with Crippen LogP contribution in [-0.4, -0.2) is 50.5 Å². The summed E-state index contributed by atoms with van der Waals surface area (Å²) in [6.07, 6.45) is -2.37. The van der Waals surface area contributed by atoms with Crippen molar-refractivity contribution in [3.8, 4) is 5.69 Å². The van der Waals surface area contributed by atoms with Crippen molar-refractivity contribution in [1.82, 2.24) is 19.7 Å². The van der Waals surface area contributed by atoms with Crippen LogP contribution in [0.3, 0.4) is 0 Å². The summed E-state index contributed by atoms with van der Waals surface area (Å²) in [6.45, 7) is 2.67. The Morgan fingerprint density at radius 1 is 0.938 bits per heavy atom. The fourth-order valence-corrected chi connectivity index (χ4v) is 3.91. The van der Waals surface area contributed by atoms with Crippen LogP contribution in [0.5, 0.6) is 0 Å². The highest BCUT2D eigenvalue weighted by molar-refractivity contribution is 5.87. The largest absolute Gasteiger partial charge is 0.456 e. The van der Waals surface area contributed by atoms with Crippen molar-refractivity contribution in [3.05, 3.63) is 60.3 Å². The molecule has 2 aromatic carbocycles. The van der Waals surface area contributed by atoms with Gasteiger partial charge in [-0.1, -0.05) is 30.3 Å². The van der Waals surface area contributed by atoms with Crippen molar-refractivity contribution in [2.45, 2.75) is 32.2 Å². The minimum absolute atomic E-state index is 0.0723. The predicted octanol–water partition coefficient (Wildman–Crippen LogP) is 2.90. The van der Waals surface area contributed by atoms with Gasteiger partial charge in [0, 0.05) is 13.8 Å². The van der Waals surface area contributed by atoms with Crippen molar-refractivity contribution in [2.24, 2.45) is 0 Å². The van der Waals surface area contributed by atoms with Gasteiger partial charge in [-0.3, -0.25) is 9.59 Å². The van der Waals surface area contributed by atoms with Crippen molar-refractivity contribution < 1.29 is 23.8 Å². The van der Waals surface area contributed by atoms with E-state index in [2.05, 4.69) is 0 Å². The number of nitrogens with zero attached hydrogens (tertiary/aromatic N) is 4. The zero-order valence-corrected chi connectivity index (χ0v) is 17.5. The lowest BCUT2D eigenvalue weighted by Crippen LogP contribution is -2.34. The SMILES string of the molecule is CC(=O)OC1COC(c2nn(-c3ccccc3)c3nc4ccccc4nc23)C1OC(C)=O. The lowest BCUT2D eigenvalue weighted by Gasteiger charge is -2.21. The summed E-state index contributed by atoms with van der Waals surface area (Å²) in [5.41, 5.74) is 3.76. The number of benzene rings is 2. The zero-order chi connectivity index (χ0) is 22.2. The topological polar surface area (TPSA) is 105 Å². The van der Waals surface area contributed by atoms with Crippen molar-refractivity contribution >= 4 is 34.1 Å². The number of aromatic nitrogens is 4. The minimum atomic E-state index is -0.855. The van der Waals surface area contributed by atoms with Gasteiger partial charge in [-0.25, -0.2) is 14.6 Å². The Kier molecular flexibility index (Phi) is 5.02. The lowest BCUT2D eigenvalue weighted by atomic mass is 10.1. The molecule has 0 aliphatic carbocycles. The maximum Gasteiger partial charge on any atom is 0.303 e. The molecule has 0 N–H and O–H groups in total. The highest BCUT2D eigenvalue weighted by Gasteiger charge is 2.45. The van der Waals surface area contributed by atoms with E-state index in [1.165, 1.54) is 13.8 Å². The van der Waals surface area contributed by atoms with Gasteiger partial charge in [0.2, 0.25) is 0 Å². The number of hydrogen-bond acceptors (Lipinski definition) is 8. The van der Waals surface area contributed by atoms with Gasteiger partial charge in [0.15, 0.2) is 17.9 Å². The van der Waals surface area contributed by atoms with Crippen LogP contribution >= 0.6 is 0 Å². The number of hydrogen-bond donors (Lipinski definition) is 0. The van der Waals surface area contributed by atoms with E-state index in [-0.39, 0.29) is 6.61 Å².